The number of carbonyl (C=O) groups is 1. The Morgan fingerprint density at radius 3 is 2.62 bits per heavy atom. The molecule has 4 heterocycles. The fourth-order valence-electron chi connectivity index (χ4n) is 4.45. The highest BCUT2D eigenvalue weighted by Gasteiger charge is 2.33. The Hall–Kier alpha value is -3.74. The molecule has 1 aliphatic heterocycles. The molecule has 0 bridgehead atoms. The lowest BCUT2D eigenvalue weighted by atomic mass is 10.2. The van der Waals surface area contributed by atoms with Gasteiger partial charge in [0.25, 0.3) is 5.91 Å². The molecule has 3 aromatic heterocycles. The Balaban J connectivity index is 1.52. The van der Waals surface area contributed by atoms with E-state index < -0.39 is 0 Å². The molecular formula is C25H26N6O. The second-order valence-electron chi connectivity index (χ2n) is 7.98. The normalized spacial score (nSPS) is 15.9. The van der Waals surface area contributed by atoms with Crippen molar-refractivity contribution < 1.29 is 4.79 Å². The van der Waals surface area contributed by atoms with Crippen molar-refractivity contribution in [1.82, 2.24) is 24.3 Å². The molecule has 0 N–H and O–H groups in total. The summed E-state index contributed by atoms with van der Waals surface area (Å²) in [6, 6.07) is 17.8. The first-order chi connectivity index (χ1) is 15.8. The molecule has 7 heteroatoms. The summed E-state index contributed by atoms with van der Waals surface area (Å²) in [7, 11) is 0. The molecule has 7 nitrogen and oxygen atoms in total. The Morgan fingerprint density at radius 1 is 1.06 bits per heavy atom. The van der Waals surface area contributed by atoms with Gasteiger partial charge in [0.1, 0.15) is 5.82 Å². The number of aromatic nitrogens is 4. The van der Waals surface area contributed by atoms with Crippen LogP contribution in [0.3, 0.4) is 0 Å². The lowest BCUT2D eigenvalue weighted by Crippen LogP contribution is -2.31. The van der Waals surface area contributed by atoms with Crippen LogP contribution in [0.2, 0.25) is 0 Å². The van der Waals surface area contributed by atoms with Crippen molar-refractivity contribution in [3.8, 4) is 0 Å². The number of anilines is 1. The van der Waals surface area contributed by atoms with Gasteiger partial charge in [-0.1, -0.05) is 36.4 Å². The van der Waals surface area contributed by atoms with Crippen LogP contribution in [0.4, 0.5) is 5.95 Å². The fourth-order valence-corrected chi connectivity index (χ4v) is 4.45. The average molecular weight is 427 g/mol. The molecule has 1 amide bonds. The molecule has 1 aliphatic rings. The van der Waals surface area contributed by atoms with Crippen molar-refractivity contribution in [2.24, 2.45) is 0 Å². The standard InChI is InChI=1S/C25H26N6O/c1-2-29(18-19-10-4-3-5-11-19)24(32)22-20-12-6-7-16-30(20)23(28-22)21-13-8-17-31(21)25-26-14-9-15-27-25/h3-7,9-12,14-16,21H,2,8,13,17-18H2,1H3. The van der Waals surface area contributed by atoms with Crippen LogP contribution in [0.5, 0.6) is 0 Å². The van der Waals surface area contributed by atoms with Gasteiger partial charge in [0.05, 0.1) is 11.6 Å². The third kappa shape index (κ3) is 3.70. The van der Waals surface area contributed by atoms with Crippen molar-refractivity contribution in [2.45, 2.75) is 32.4 Å². The van der Waals surface area contributed by atoms with Crippen molar-refractivity contribution in [1.29, 1.82) is 0 Å². The third-order valence-electron chi connectivity index (χ3n) is 6.02. The summed E-state index contributed by atoms with van der Waals surface area (Å²) >= 11 is 0. The van der Waals surface area contributed by atoms with Crippen LogP contribution >= 0.6 is 0 Å². The number of pyridine rings is 1. The van der Waals surface area contributed by atoms with Gasteiger partial charge in [-0.3, -0.25) is 4.79 Å². The minimum Gasteiger partial charge on any atom is -0.333 e. The largest absolute Gasteiger partial charge is 0.333 e. The maximum absolute atomic E-state index is 13.6. The molecule has 5 rings (SSSR count). The lowest BCUT2D eigenvalue weighted by Gasteiger charge is -2.23. The van der Waals surface area contributed by atoms with Gasteiger partial charge in [-0.15, -0.1) is 0 Å². The molecule has 32 heavy (non-hydrogen) atoms. The van der Waals surface area contributed by atoms with Gasteiger partial charge in [-0.2, -0.15) is 0 Å². The minimum absolute atomic E-state index is 0.0260. The molecule has 1 atom stereocenters. The van der Waals surface area contributed by atoms with E-state index in [2.05, 4.69) is 19.3 Å². The van der Waals surface area contributed by atoms with Crippen LogP contribution in [0.15, 0.2) is 73.2 Å². The minimum atomic E-state index is -0.0492. The van der Waals surface area contributed by atoms with Gasteiger partial charge in [0, 0.05) is 38.2 Å². The number of carbonyl (C=O) groups excluding carboxylic acids is 1. The summed E-state index contributed by atoms with van der Waals surface area (Å²) in [6.07, 6.45) is 7.49. The monoisotopic (exact) mass is 426 g/mol. The second-order valence-corrected chi connectivity index (χ2v) is 7.98. The predicted octanol–water partition coefficient (Wildman–Crippen LogP) is 4.13. The van der Waals surface area contributed by atoms with Crippen LogP contribution in [0.1, 0.15) is 47.7 Å². The summed E-state index contributed by atoms with van der Waals surface area (Å²) in [5.74, 6) is 1.52. The molecule has 1 aromatic carbocycles. The van der Waals surface area contributed by atoms with E-state index in [1.165, 1.54) is 0 Å². The molecule has 1 unspecified atom stereocenters. The smallest absolute Gasteiger partial charge is 0.275 e. The molecular weight excluding hydrogens is 400 g/mol. The quantitative estimate of drug-likeness (QED) is 0.464. The van der Waals surface area contributed by atoms with E-state index in [0.29, 0.717) is 24.7 Å². The molecule has 0 saturated carbocycles. The summed E-state index contributed by atoms with van der Waals surface area (Å²) < 4.78 is 2.05. The van der Waals surface area contributed by atoms with Gasteiger partial charge in [0.2, 0.25) is 5.95 Å². The maximum Gasteiger partial charge on any atom is 0.275 e. The first-order valence-electron chi connectivity index (χ1n) is 11.1. The number of imidazole rings is 1. The highest BCUT2D eigenvalue weighted by Crippen LogP contribution is 2.34. The molecule has 1 saturated heterocycles. The zero-order valence-corrected chi connectivity index (χ0v) is 18.1. The Labute approximate surface area is 187 Å². The van der Waals surface area contributed by atoms with Gasteiger partial charge >= 0.3 is 0 Å². The average Bonchev–Trinajstić information content (AvgIpc) is 3.48. The highest BCUT2D eigenvalue weighted by molar-refractivity contribution is 5.99. The Kier molecular flexibility index (Phi) is 5.54. The molecule has 4 aromatic rings. The summed E-state index contributed by atoms with van der Waals surface area (Å²) in [4.78, 5) is 31.5. The van der Waals surface area contributed by atoms with Gasteiger partial charge in [-0.05, 0) is 43.5 Å². The van der Waals surface area contributed by atoms with E-state index in [-0.39, 0.29) is 11.9 Å². The van der Waals surface area contributed by atoms with Crippen molar-refractivity contribution in [3.05, 3.63) is 90.3 Å². The Bertz CT molecular complexity index is 1210. The highest BCUT2D eigenvalue weighted by atomic mass is 16.2. The molecule has 162 valence electrons. The van der Waals surface area contributed by atoms with Crippen LogP contribution in [-0.4, -0.2) is 43.2 Å². The topological polar surface area (TPSA) is 66.6 Å². The van der Waals surface area contributed by atoms with E-state index in [9.17, 15) is 4.79 Å². The fraction of sp³-hybridized carbons (Fsp3) is 0.280. The number of hydrogen-bond donors (Lipinski definition) is 0. The van der Waals surface area contributed by atoms with Gasteiger partial charge in [-0.25, -0.2) is 15.0 Å². The van der Waals surface area contributed by atoms with Crippen molar-refractivity contribution in [3.63, 3.8) is 0 Å². The van der Waals surface area contributed by atoms with Crippen LogP contribution in [0, 0.1) is 0 Å². The van der Waals surface area contributed by atoms with Crippen molar-refractivity contribution >= 4 is 17.4 Å². The zero-order valence-electron chi connectivity index (χ0n) is 18.1. The first kappa shape index (κ1) is 20.2. The SMILES string of the molecule is CCN(Cc1ccccc1)C(=O)c1nc(C2CCCN2c2ncccn2)n2ccccc12. The second kappa shape index (κ2) is 8.78. The van der Waals surface area contributed by atoms with Crippen molar-refractivity contribution in [2.75, 3.05) is 18.0 Å². The number of amides is 1. The third-order valence-corrected chi connectivity index (χ3v) is 6.02. The maximum atomic E-state index is 13.6. The van der Waals surface area contributed by atoms with E-state index in [1.807, 2.05) is 72.6 Å². The molecule has 0 spiro atoms. The van der Waals surface area contributed by atoms with Crippen LogP contribution in [0.25, 0.3) is 5.52 Å². The predicted molar refractivity (Wildman–Crippen MR) is 123 cm³/mol. The van der Waals surface area contributed by atoms with Crippen LogP contribution in [-0.2, 0) is 6.54 Å². The summed E-state index contributed by atoms with van der Waals surface area (Å²) in [5.41, 5.74) is 2.44. The van der Waals surface area contributed by atoms with E-state index in [1.54, 1.807) is 12.4 Å². The van der Waals surface area contributed by atoms with E-state index in [0.717, 1.165) is 36.3 Å². The number of nitrogens with zero attached hydrogens (tertiary/aromatic N) is 6. The Morgan fingerprint density at radius 2 is 1.84 bits per heavy atom. The van der Waals surface area contributed by atoms with E-state index >= 15 is 0 Å². The first-order valence-corrected chi connectivity index (χ1v) is 11.1. The van der Waals surface area contributed by atoms with Gasteiger partial charge in [0.15, 0.2) is 5.69 Å². The molecule has 1 fully saturated rings. The number of rotatable bonds is 6. The number of hydrogen-bond acceptors (Lipinski definition) is 5. The van der Waals surface area contributed by atoms with Crippen LogP contribution < -0.4 is 4.90 Å². The van der Waals surface area contributed by atoms with Gasteiger partial charge < -0.3 is 14.2 Å². The zero-order chi connectivity index (χ0) is 21.9. The number of benzene rings is 1. The number of fused-ring (bicyclic) bond motifs is 1. The summed E-state index contributed by atoms with van der Waals surface area (Å²) in [5, 5.41) is 0. The molecule has 0 aliphatic carbocycles. The van der Waals surface area contributed by atoms with E-state index in [4.69, 9.17) is 4.98 Å². The lowest BCUT2D eigenvalue weighted by molar-refractivity contribution is 0.0749. The molecule has 0 radical (unpaired) electrons. The summed E-state index contributed by atoms with van der Waals surface area (Å²) in [6.45, 7) is 4.05.